The van der Waals surface area contributed by atoms with Crippen LogP contribution in [0.4, 0.5) is 5.69 Å². The lowest BCUT2D eigenvalue weighted by molar-refractivity contribution is 1.00. The summed E-state index contributed by atoms with van der Waals surface area (Å²) in [5.74, 6) is 0. The van der Waals surface area contributed by atoms with E-state index < -0.39 is 0 Å². The van der Waals surface area contributed by atoms with Gasteiger partial charge in [0.2, 0.25) is 0 Å². The Labute approximate surface area is 120 Å². The van der Waals surface area contributed by atoms with Crippen molar-refractivity contribution in [3.63, 3.8) is 0 Å². The van der Waals surface area contributed by atoms with E-state index in [0.717, 1.165) is 24.4 Å². The highest BCUT2D eigenvalue weighted by Gasteiger charge is 2.03. The second-order valence-electron chi connectivity index (χ2n) is 4.77. The molecule has 0 spiro atoms. The molecule has 0 unspecified atom stereocenters. The summed E-state index contributed by atoms with van der Waals surface area (Å²) in [4.78, 5) is 0. The van der Waals surface area contributed by atoms with Crippen molar-refractivity contribution in [2.75, 3.05) is 11.9 Å². The summed E-state index contributed by atoms with van der Waals surface area (Å²) in [6, 6.07) is 14.5. The molecule has 100 valence electrons. The van der Waals surface area contributed by atoms with E-state index in [-0.39, 0.29) is 0 Å². The molecule has 0 aliphatic heterocycles. The Bertz CT molecular complexity index is 531. The van der Waals surface area contributed by atoms with Gasteiger partial charge in [0.05, 0.1) is 0 Å². The van der Waals surface area contributed by atoms with Crippen molar-refractivity contribution in [2.45, 2.75) is 26.7 Å². The molecular formula is C17H20ClN. The summed E-state index contributed by atoms with van der Waals surface area (Å²) in [6.07, 6.45) is 2.07. The standard InChI is InChI=1S/C17H20ClN/c1-3-15-6-4-5-13(2)17(15)19-12-11-14-7-9-16(18)10-8-14/h4-10,19H,3,11-12H2,1-2H3. The van der Waals surface area contributed by atoms with Crippen molar-refractivity contribution in [3.05, 3.63) is 64.2 Å². The maximum absolute atomic E-state index is 5.89. The van der Waals surface area contributed by atoms with Crippen molar-refractivity contribution in [1.29, 1.82) is 0 Å². The van der Waals surface area contributed by atoms with Gasteiger partial charge in [-0.3, -0.25) is 0 Å². The van der Waals surface area contributed by atoms with Crippen molar-refractivity contribution >= 4 is 17.3 Å². The molecule has 19 heavy (non-hydrogen) atoms. The molecule has 0 atom stereocenters. The summed E-state index contributed by atoms with van der Waals surface area (Å²) in [6.45, 7) is 5.29. The second-order valence-corrected chi connectivity index (χ2v) is 5.20. The molecule has 0 aliphatic rings. The molecule has 0 saturated heterocycles. The van der Waals surface area contributed by atoms with Gasteiger partial charge in [0.25, 0.3) is 0 Å². The van der Waals surface area contributed by atoms with Crippen LogP contribution in [0, 0.1) is 6.92 Å². The van der Waals surface area contributed by atoms with E-state index in [9.17, 15) is 0 Å². The van der Waals surface area contributed by atoms with E-state index in [4.69, 9.17) is 11.6 Å². The third kappa shape index (κ3) is 3.74. The van der Waals surface area contributed by atoms with Crippen molar-refractivity contribution in [3.8, 4) is 0 Å². The van der Waals surface area contributed by atoms with Gasteiger partial charge in [0.1, 0.15) is 0 Å². The molecule has 2 aromatic rings. The van der Waals surface area contributed by atoms with Crippen LogP contribution < -0.4 is 5.32 Å². The first kappa shape index (κ1) is 14.0. The van der Waals surface area contributed by atoms with E-state index >= 15 is 0 Å². The average molecular weight is 274 g/mol. The zero-order chi connectivity index (χ0) is 13.7. The maximum atomic E-state index is 5.89. The number of hydrogen-bond acceptors (Lipinski definition) is 1. The van der Waals surface area contributed by atoms with Crippen LogP contribution >= 0.6 is 11.6 Å². The first-order valence-corrected chi connectivity index (χ1v) is 7.15. The monoisotopic (exact) mass is 273 g/mol. The van der Waals surface area contributed by atoms with E-state index in [1.165, 1.54) is 22.4 Å². The second kappa shape index (κ2) is 6.63. The molecule has 0 heterocycles. The number of anilines is 1. The number of aryl methyl sites for hydroxylation is 2. The normalized spacial score (nSPS) is 10.5. The van der Waals surface area contributed by atoms with Gasteiger partial charge in [0.15, 0.2) is 0 Å². The third-order valence-corrected chi connectivity index (χ3v) is 3.62. The molecule has 2 heteroatoms. The van der Waals surface area contributed by atoms with E-state index in [0.29, 0.717) is 0 Å². The van der Waals surface area contributed by atoms with Crippen LogP contribution in [-0.2, 0) is 12.8 Å². The summed E-state index contributed by atoms with van der Waals surface area (Å²) in [7, 11) is 0. The van der Waals surface area contributed by atoms with E-state index in [2.05, 4.69) is 49.5 Å². The number of rotatable bonds is 5. The lowest BCUT2D eigenvalue weighted by atomic mass is 10.1. The first-order valence-electron chi connectivity index (χ1n) is 6.77. The highest BCUT2D eigenvalue weighted by molar-refractivity contribution is 6.30. The fraction of sp³-hybridized carbons (Fsp3) is 0.294. The van der Waals surface area contributed by atoms with Crippen LogP contribution in [-0.4, -0.2) is 6.54 Å². The van der Waals surface area contributed by atoms with E-state index in [1.807, 2.05) is 12.1 Å². The Balaban J connectivity index is 1.97. The largest absolute Gasteiger partial charge is 0.384 e. The van der Waals surface area contributed by atoms with Crippen LogP contribution in [0.5, 0.6) is 0 Å². The summed E-state index contributed by atoms with van der Waals surface area (Å²) < 4.78 is 0. The Morgan fingerprint density at radius 3 is 2.47 bits per heavy atom. The topological polar surface area (TPSA) is 12.0 Å². The molecule has 2 aromatic carbocycles. The first-order chi connectivity index (χ1) is 9.20. The predicted molar refractivity (Wildman–Crippen MR) is 84.2 cm³/mol. The third-order valence-electron chi connectivity index (χ3n) is 3.37. The van der Waals surface area contributed by atoms with Gasteiger partial charge in [-0.05, 0) is 48.6 Å². The Hall–Kier alpha value is -1.47. The predicted octanol–water partition coefficient (Wildman–Crippen LogP) is 4.87. The quantitative estimate of drug-likeness (QED) is 0.820. The minimum absolute atomic E-state index is 0.795. The number of benzene rings is 2. The molecule has 0 radical (unpaired) electrons. The lowest BCUT2D eigenvalue weighted by Crippen LogP contribution is -2.08. The minimum Gasteiger partial charge on any atom is -0.384 e. The van der Waals surface area contributed by atoms with E-state index in [1.54, 1.807) is 0 Å². The Kier molecular flexibility index (Phi) is 4.86. The zero-order valence-electron chi connectivity index (χ0n) is 11.5. The van der Waals surface area contributed by atoms with Crippen LogP contribution in [0.3, 0.4) is 0 Å². The summed E-state index contributed by atoms with van der Waals surface area (Å²) in [5.41, 5.74) is 5.30. The Morgan fingerprint density at radius 2 is 1.79 bits per heavy atom. The fourth-order valence-electron chi connectivity index (χ4n) is 2.26. The summed E-state index contributed by atoms with van der Waals surface area (Å²) >= 11 is 5.89. The maximum Gasteiger partial charge on any atom is 0.0406 e. The molecule has 2 rings (SSSR count). The smallest absolute Gasteiger partial charge is 0.0406 e. The van der Waals surface area contributed by atoms with Gasteiger partial charge < -0.3 is 5.32 Å². The molecule has 1 N–H and O–H groups in total. The van der Waals surface area contributed by atoms with Crippen molar-refractivity contribution < 1.29 is 0 Å². The number of hydrogen-bond donors (Lipinski definition) is 1. The highest BCUT2D eigenvalue weighted by atomic mass is 35.5. The molecule has 0 aliphatic carbocycles. The molecule has 0 bridgehead atoms. The zero-order valence-corrected chi connectivity index (χ0v) is 12.3. The van der Waals surface area contributed by atoms with Crippen LogP contribution in [0.2, 0.25) is 5.02 Å². The molecule has 0 saturated carbocycles. The number of para-hydroxylation sites is 1. The highest BCUT2D eigenvalue weighted by Crippen LogP contribution is 2.21. The summed E-state index contributed by atoms with van der Waals surface area (Å²) in [5, 5.41) is 4.36. The van der Waals surface area contributed by atoms with Crippen LogP contribution in [0.15, 0.2) is 42.5 Å². The van der Waals surface area contributed by atoms with Gasteiger partial charge in [-0.15, -0.1) is 0 Å². The van der Waals surface area contributed by atoms with Gasteiger partial charge in [-0.25, -0.2) is 0 Å². The lowest BCUT2D eigenvalue weighted by Gasteiger charge is -2.14. The molecular weight excluding hydrogens is 254 g/mol. The molecule has 0 fully saturated rings. The van der Waals surface area contributed by atoms with Crippen LogP contribution in [0.25, 0.3) is 0 Å². The molecule has 0 aromatic heterocycles. The Morgan fingerprint density at radius 1 is 1.05 bits per heavy atom. The van der Waals surface area contributed by atoms with Gasteiger partial charge in [0, 0.05) is 17.3 Å². The molecule has 1 nitrogen and oxygen atoms in total. The fourth-order valence-corrected chi connectivity index (χ4v) is 2.39. The molecule has 0 amide bonds. The number of nitrogens with one attached hydrogen (secondary N) is 1. The van der Waals surface area contributed by atoms with Gasteiger partial charge in [-0.2, -0.15) is 0 Å². The van der Waals surface area contributed by atoms with Crippen molar-refractivity contribution in [1.82, 2.24) is 0 Å². The number of halogens is 1. The van der Waals surface area contributed by atoms with Gasteiger partial charge in [-0.1, -0.05) is 48.9 Å². The minimum atomic E-state index is 0.795. The SMILES string of the molecule is CCc1cccc(C)c1NCCc1ccc(Cl)cc1. The van der Waals surface area contributed by atoms with Gasteiger partial charge >= 0.3 is 0 Å². The van der Waals surface area contributed by atoms with Crippen LogP contribution in [0.1, 0.15) is 23.6 Å². The average Bonchev–Trinajstić information content (AvgIpc) is 2.42. The van der Waals surface area contributed by atoms with Crippen molar-refractivity contribution in [2.24, 2.45) is 0 Å².